The normalized spacial score (nSPS) is 10.8. The van der Waals surface area contributed by atoms with Gasteiger partial charge in [0.1, 0.15) is 6.54 Å². The quantitative estimate of drug-likeness (QED) is 0.720. The maximum atomic E-state index is 12.9. The van der Waals surface area contributed by atoms with Gasteiger partial charge in [0, 0.05) is 28.9 Å². The molecule has 1 aromatic carbocycles. The summed E-state index contributed by atoms with van der Waals surface area (Å²) in [7, 11) is 0. The van der Waals surface area contributed by atoms with E-state index in [0.29, 0.717) is 16.5 Å². The highest BCUT2D eigenvalue weighted by atomic mass is 19.1. The summed E-state index contributed by atoms with van der Waals surface area (Å²) in [5, 5.41) is 9.49. The molecule has 0 aliphatic heterocycles. The molecule has 116 valence electrons. The van der Waals surface area contributed by atoms with Crippen LogP contribution in [0.1, 0.15) is 10.4 Å². The molecule has 0 fully saturated rings. The zero-order valence-corrected chi connectivity index (χ0v) is 11.9. The van der Waals surface area contributed by atoms with Gasteiger partial charge >= 0.3 is 5.97 Å². The number of rotatable bonds is 4. The van der Waals surface area contributed by atoms with Crippen LogP contribution >= 0.6 is 0 Å². The molecule has 0 aliphatic rings. The fraction of sp³-hybridized carbons (Fsp3) is 0.0625. The van der Waals surface area contributed by atoms with Gasteiger partial charge in [-0.2, -0.15) is 4.39 Å². The Bertz CT molecular complexity index is 916. The number of hydrogen-bond donors (Lipinski definition) is 2. The van der Waals surface area contributed by atoms with Crippen molar-refractivity contribution in [3.05, 3.63) is 54.2 Å². The minimum absolute atomic E-state index is 0.234. The Morgan fingerprint density at radius 3 is 2.57 bits per heavy atom. The number of primary amides is 1. The van der Waals surface area contributed by atoms with Gasteiger partial charge in [0.2, 0.25) is 5.95 Å². The van der Waals surface area contributed by atoms with Crippen LogP contribution in [0.2, 0.25) is 0 Å². The number of benzene rings is 1. The van der Waals surface area contributed by atoms with E-state index in [9.17, 15) is 14.0 Å². The second kappa shape index (κ2) is 5.53. The number of nitrogens with zero attached hydrogens (tertiary/aromatic N) is 2. The molecule has 3 aromatic rings. The number of carbonyl (C=O) groups is 2. The molecular weight excluding hydrogens is 301 g/mol. The van der Waals surface area contributed by atoms with Crippen molar-refractivity contribution in [1.82, 2.24) is 9.55 Å². The van der Waals surface area contributed by atoms with E-state index in [0.717, 1.165) is 5.56 Å². The maximum Gasteiger partial charge on any atom is 0.323 e. The fourth-order valence-corrected chi connectivity index (χ4v) is 2.50. The van der Waals surface area contributed by atoms with Crippen LogP contribution in [0.15, 0.2) is 42.7 Å². The Hall–Kier alpha value is -3.22. The van der Waals surface area contributed by atoms with Crippen LogP contribution in [-0.2, 0) is 11.3 Å². The molecule has 2 heterocycles. The van der Waals surface area contributed by atoms with Gasteiger partial charge in [-0.15, -0.1) is 0 Å². The summed E-state index contributed by atoms with van der Waals surface area (Å²) in [6, 6.07) is 7.97. The zero-order chi connectivity index (χ0) is 16.6. The molecule has 2 aromatic heterocycles. The van der Waals surface area contributed by atoms with Crippen molar-refractivity contribution < 1.29 is 19.1 Å². The Kier molecular flexibility index (Phi) is 3.53. The first-order valence-corrected chi connectivity index (χ1v) is 6.72. The average molecular weight is 313 g/mol. The van der Waals surface area contributed by atoms with Crippen molar-refractivity contribution in [2.45, 2.75) is 6.54 Å². The number of carboxylic acid groups (broad SMARTS) is 1. The van der Waals surface area contributed by atoms with Gasteiger partial charge in [-0.25, -0.2) is 4.98 Å². The van der Waals surface area contributed by atoms with Gasteiger partial charge < -0.3 is 15.4 Å². The summed E-state index contributed by atoms with van der Waals surface area (Å²) in [6.45, 7) is -0.277. The number of amides is 1. The molecule has 1 amide bonds. The molecule has 6 nitrogen and oxygen atoms in total. The second-order valence-corrected chi connectivity index (χ2v) is 5.03. The Morgan fingerprint density at radius 2 is 1.96 bits per heavy atom. The Morgan fingerprint density at radius 1 is 1.22 bits per heavy atom. The third-order valence-electron chi connectivity index (χ3n) is 3.51. The molecular formula is C16H12FN3O3. The number of pyridine rings is 1. The van der Waals surface area contributed by atoms with Gasteiger partial charge in [0.05, 0.1) is 5.56 Å². The van der Waals surface area contributed by atoms with Gasteiger partial charge in [0.15, 0.2) is 0 Å². The number of carbonyl (C=O) groups excluding carboxylic acids is 1. The molecule has 3 rings (SSSR count). The van der Waals surface area contributed by atoms with Gasteiger partial charge in [-0.05, 0) is 29.8 Å². The molecule has 0 bridgehead atoms. The van der Waals surface area contributed by atoms with Crippen molar-refractivity contribution in [3.8, 4) is 11.1 Å². The molecule has 3 N–H and O–H groups in total. The van der Waals surface area contributed by atoms with Crippen LogP contribution < -0.4 is 5.73 Å². The second-order valence-electron chi connectivity index (χ2n) is 5.03. The van der Waals surface area contributed by atoms with Crippen LogP contribution in [0.25, 0.3) is 22.0 Å². The third-order valence-corrected chi connectivity index (χ3v) is 3.51. The lowest BCUT2D eigenvalue weighted by molar-refractivity contribution is -0.137. The highest BCUT2D eigenvalue weighted by Gasteiger charge is 2.15. The van der Waals surface area contributed by atoms with Gasteiger partial charge in [0.25, 0.3) is 5.91 Å². The first-order chi connectivity index (χ1) is 11.0. The summed E-state index contributed by atoms with van der Waals surface area (Å²) >= 11 is 0. The van der Waals surface area contributed by atoms with Crippen molar-refractivity contribution in [3.63, 3.8) is 0 Å². The summed E-state index contributed by atoms with van der Waals surface area (Å²) in [5.74, 6) is -2.25. The Balaban J connectivity index is 2.18. The van der Waals surface area contributed by atoms with Gasteiger partial charge in [-0.3, -0.25) is 9.59 Å². The minimum atomic E-state index is -1.02. The summed E-state index contributed by atoms with van der Waals surface area (Å²) in [6.07, 6.45) is 2.81. The monoisotopic (exact) mass is 313 g/mol. The van der Waals surface area contributed by atoms with Crippen LogP contribution in [0.5, 0.6) is 0 Å². The molecule has 0 saturated heterocycles. The molecule has 23 heavy (non-hydrogen) atoms. The number of carboxylic acids is 1. The third kappa shape index (κ3) is 2.76. The molecule has 0 spiro atoms. The van der Waals surface area contributed by atoms with E-state index in [1.807, 2.05) is 0 Å². The van der Waals surface area contributed by atoms with E-state index in [1.54, 1.807) is 24.3 Å². The summed E-state index contributed by atoms with van der Waals surface area (Å²) < 4.78 is 14.4. The molecule has 0 unspecified atom stereocenters. The molecule has 0 saturated carbocycles. The highest BCUT2D eigenvalue weighted by Crippen LogP contribution is 2.27. The van der Waals surface area contributed by atoms with Crippen molar-refractivity contribution in [2.24, 2.45) is 5.73 Å². The largest absolute Gasteiger partial charge is 0.480 e. The van der Waals surface area contributed by atoms with Crippen LogP contribution in [-0.4, -0.2) is 26.5 Å². The molecule has 0 atom stereocenters. The molecule has 0 radical (unpaired) electrons. The van der Waals surface area contributed by atoms with E-state index in [2.05, 4.69) is 4.98 Å². The number of aromatic nitrogens is 2. The first-order valence-electron chi connectivity index (χ1n) is 6.72. The number of hydrogen-bond acceptors (Lipinski definition) is 3. The number of aliphatic carboxylic acids is 1. The van der Waals surface area contributed by atoms with E-state index in [1.165, 1.54) is 23.0 Å². The van der Waals surface area contributed by atoms with E-state index in [-0.39, 0.29) is 12.1 Å². The number of nitrogens with two attached hydrogens (primary N) is 1. The smallest absolute Gasteiger partial charge is 0.323 e. The minimum Gasteiger partial charge on any atom is -0.480 e. The zero-order valence-electron chi connectivity index (χ0n) is 11.9. The highest BCUT2D eigenvalue weighted by molar-refractivity contribution is 6.07. The number of halogens is 1. The van der Waals surface area contributed by atoms with E-state index >= 15 is 0 Å². The fourth-order valence-electron chi connectivity index (χ4n) is 2.50. The lowest BCUT2D eigenvalue weighted by atomic mass is 10.0. The predicted molar refractivity (Wildman–Crippen MR) is 81.3 cm³/mol. The molecule has 0 aliphatic carbocycles. The summed E-state index contributed by atoms with van der Waals surface area (Å²) in [4.78, 5) is 26.1. The topological polar surface area (TPSA) is 98.2 Å². The van der Waals surface area contributed by atoms with Crippen molar-refractivity contribution in [2.75, 3.05) is 0 Å². The molecule has 7 heteroatoms. The first kappa shape index (κ1) is 14.7. The van der Waals surface area contributed by atoms with Crippen LogP contribution in [0, 0.1) is 5.95 Å². The number of fused-ring (bicyclic) bond motifs is 1. The lowest BCUT2D eigenvalue weighted by Gasteiger charge is -2.04. The van der Waals surface area contributed by atoms with Crippen LogP contribution in [0.3, 0.4) is 0 Å². The van der Waals surface area contributed by atoms with E-state index < -0.39 is 17.8 Å². The SMILES string of the molecule is NC(=O)c1cn(CC(=O)O)c2ccc(-c3ccc(F)nc3)cc12. The lowest BCUT2D eigenvalue weighted by Crippen LogP contribution is -2.11. The summed E-state index contributed by atoms with van der Waals surface area (Å²) in [5.41, 5.74) is 7.59. The van der Waals surface area contributed by atoms with Crippen molar-refractivity contribution in [1.29, 1.82) is 0 Å². The standard InChI is InChI=1S/C16H12FN3O3/c17-14-4-2-10(6-19-14)9-1-3-13-11(5-9)12(16(18)23)7-20(13)8-15(21)22/h1-7H,8H2,(H2,18,23)(H,21,22). The predicted octanol–water partition coefficient (Wildman–Crippen LogP) is 2.03. The van der Waals surface area contributed by atoms with Gasteiger partial charge in [-0.1, -0.05) is 6.07 Å². The van der Waals surface area contributed by atoms with Crippen molar-refractivity contribution >= 4 is 22.8 Å². The van der Waals surface area contributed by atoms with Crippen LogP contribution in [0.4, 0.5) is 4.39 Å². The maximum absolute atomic E-state index is 12.9. The Labute approximate surface area is 130 Å². The van der Waals surface area contributed by atoms with E-state index in [4.69, 9.17) is 10.8 Å². The average Bonchev–Trinajstić information content (AvgIpc) is 2.85.